The fourth-order valence-corrected chi connectivity index (χ4v) is 3.67. The Kier molecular flexibility index (Phi) is 4.07. The maximum absolute atomic E-state index is 5.55. The molecule has 1 fully saturated rings. The summed E-state index contributed by atoms with van der Waals surface area (Å²) in [6.07, 6.45) is 5.03. The molecule has 5 nitrogen and oxygen atoms in total. The summed E-state index contributed by atoms with van der Waals surface area (Å²) >= 11 is 0. The SMILES string of the molecule is Cc1cc(-c2noc(-c3cc(C)nc(C4CCCC4)c3)n2)cc(C)n1. The highest BCUT2D eigenvalue weighted by atomic mass is 16.5. The molecule has 128 valence electrons. The molecule has 0 saturated heterocycles. The molecule has 0 spiro atoms. The first kappa shape index (κ1) is 15.9. The average molecular weight is 334 g/mol. The summed E-state index contributed by atoms with van der Waals surface area (Å²) in [5.74, 6) is 1.71. The number of pyridine rings is 2. The summed E-state index contributed by atoms with van der Waals surface area (Å²) in [4.78, 5) is 13.7. The van der Waals surface area contributed by atoms with Crippen LogP contribution in [0.15, 0.2) is 28.8 Å². The molecular formula is C20H22N4O. The van der Waals surface area contributed by atoms with Crippen molar-refractivity contribution in [2.24, 2.45) is 0 Å². The topological polar surface area (TPSA) is 64.7 Å². The van der Waals surface area contributed by atoms with Gasteiger partial charge < -0.3 is 4.52 Å². The van der Waals surface area contributed by atoms with Gasteiger partial charge in [-0.1, -0.05) is 18.0 Å². The smallest absolute Gasteiger partial charge is 0.258 e. The molecule has 3 aromatic heterocycles. The fraction of sp³-hybridized carbons (Fsp3) is 0.400. The van der Waals surface area contributed by atoms with E-state index in [2.05, 4.69) is 21.2 Å². The highest BCUT2D eigenvalue weighted by molar-refractivity contribution is 5.61. The van der Waals surface area contributed by atoms with Crippen molar-refractivity contribution >= 4 is 0 Å². The molecule has 3 aromatic rings. The van der Waals surface area contributed by atoms with Crippen LogP contribution < -0.4 is 0 Å². The maximum Gasteiger partial charge on any atom is 0.258 e. The molecule has 0 aliphatic heterocycles. The van der Waals surface area contributed by atoms with E-state index in [1.165, 1.54) is 25.7 Å². The van der Waals surface area contributed by atoms with E-state index in [1.807, 2.05) is 39.0 Å². The van der Waals surface area contributed by atoms with Gasteiger partial charge in [-0.3, -0.25) is 9.97 Å². The molecule has 0 radical (unpaired) electrons. The Hall–Kier alpha value is -2.56. The number of rotatable bonds is 3. The first-order chi connectivity index (χ1) is 12.1. The van der Waals surface area contributed by atoms with Crippen molar-refractivity contribution in [3.63, 3.8) is 0 Å². The lowest BCUT2D eigenvalue weighted by atomic mass is 10.0. The molecule has 3 heterocycles. The number of nitrogens with zero attached hydrogens (tertiary/aromatic N) is 4. The number of aromatic nitrogens is 4. The second kappa shape index (κ2) is 6.39. The molecule has 1 saturated carbocycles. The highest BCUT2D eigenvalue weighted by Crippen LogP contribution is 2.35. The van der Waals surface area contributed by atoms with Crippen LogP contribution in [0.3, 0.4) is 0 Å². The van der Waals surface area contributed by atoms with Crippen molar-refractivity contribution in [1.82, 2.24) is 20.1 Å². The predicted octanol–water partition coefficient (Wildman–Crippen LogP) is 4.78. The first-order valence-corrected chi connectivity index (χ1v) is 8.87. The zero-order valence-corrected chi connectivity index (χ0v) is 14.9. The summed E-state index contributed by atoms with van der Waals surface area (Å²) in [6, 6.07) is 8.08. The van der Waals surface area contributed by atoms with Gasteiger partial charge in [-0.05, 0) is 57.9 Å². The maximum atomic E-state index is 5.55. The van der Waals surface area contributed by atoms with Gasteiger partial charge in [-0.2, -0.15) is 4.98 Å². The standard InChI is InChI=1S/C20H22N4O/c1-12-8-16(9-13(2)21-12)19-23-20(25-24-19)17-10-14(3)22-18(11-17)15-6-4-5-7-15/h8-11,15H,4-7H2,1-3H3. The minimum atomic E-state index is 0.548. The number of hydrogen-bond acceptors (Lipinski definition) is 5. The van der Waals surface area contributed by atoms with E-state index in [1.54, 1.807) is 0 Å². The van der Waals surface area contributed by atoms with Crippen LogP contribution in [-0.4, -0.2) is 20.1 Å². The zero-order valence-electron chi connectivity index (χ0n) is 14.9. The van der Waals surface area contributed by atoms with Crippen LogP contribution in [0.2, 0.25) is 0 Å². The molecule has 0 bridgehead atoms. The van der Waals surface area contributed by atoms with Crippen LogP contribution in [-0.2, 0) is 0 Å². The Balaban J connectivity index is 1.70. The third-order valence-corrected chi connectivity index (χ3v) is 4.76. The second-order valence-electron chi connectivity index (χ2n) is 6.97. The van der Waals surface area contributed by atoms with E-state index in [0.717, 1.165) is 33.9 Å². The quantitative estimate of drug-likeness (QED) is 0.690. The van der Waals surface area contributed by atoms with Crippen molar-refractivity contribution in [2.45, 2.75) is 52.4 Å². The molecule has 0 unspecified atom stereocenters. The van der Waals surface area contributed by atoms with Gasteiger partial charge in [0.2, 0.25) is 5.82 Å². The van der Waals surface area contributed by atoms with Crippen LogP contribution in [0.25, 0.3) is 22.8 Å². The Morgan fingerprint density at radius 1 is 0.800 bits per heavy atom. The molecule has 0 atom stereocenters. The van der Waals surface area contributed by atoms with Gasteiger partial charge >= 0.3 is 0 Å². The Labute approximate surface area is 147 Å². The van der Waals surface area contributed by atoms with Crippen LogP contribution in [0.4, 0.5) is 0 Å². The summed E-state index contributed by atoms with van der Waals surface area (Å²) in [5, 5.41) is 4.17. The Morgan fingerprint density at radius 3 is 2.16 bits per heavy atom. The Bertz CT molecular complexity index is 890. The Morgan fingerprint density at radius 2 is 1.44 bits per heavy atom. The van der Waals surface area contributed by atoms with E-state index in [0.29, 0.717) is 17.6 Å². The largest absolute Gasteiger partial charge is 0.334 e. The minimum absolute atomic E-state index is 0.548. The minimum Gasteiger partial charge on any atom is -0.334 e. The number of hydrogen-bond donors (Lipinski definition) is 0. The third-order valence-electron chi connectivity index (χ3n) is 4.76. The molecule has 0 aromatic carbocycles. The normalized spacial score (nSPS) is 15.0. The van der Waals surface area contributed by atoms with Gasteiger partial charge in [0, 0.05) is 39.8 Å². The van der Waals surface area contributed by atoms with Crippen molar-refractivity contribution in [1.29, 1.82) is 0 Å². The van der Waals surface area contributed by atoms with Crippen molar-refractivity contribution in [2.75, 3.05) is 0 Å². The second-order valence-corrected chi connectivity index (χ2v) is 6.97. The van der Waals surface area contributed by atoms with Gasteiger partial charge in [0.15, 0.2) is 0 Å². The molecule has 1 aliphatic rings. The summed E-state index contributed by atoms with van der Waals surface area (Å²) in [5.41, 5.74) is 5.93. The van der Waals surface area contributed by atoms with Crippen molar-refractivity contribution in [3.8, 4) is 22.8 Å². The molecule has 0 N–H and O–H groups in total. The van der Waals surface area contributed by atoms with Gasteiger partial charge in [-0.15, -0.1) is 0 Å². The monoisotopic (exact) mass is 334 g/mol. The molecule has 5 heteroatoms. The summed E-state index contributed by atoms with van der Waals surface area (Å²) < 4.78 is 5.55. The molecule has 1 aliphatic carbocycles. The lowest BCUT2D eigenvalue weighted by molar-refractivity contribution is 0.432. The predicted molar refractivity (Wildman–Crippen MR) is 96.2 cm³/mol. The van der Waals surface area contributed by atoms with Crippen molar-refractivity contribution < 1.29 is 4.52 Å². The summed E-state index contributed by atoms with van der Waals surface area (Å²) in [7, 11) is 0. The lowest BCUT2D eigenvalue weighted by Crippen LogP contribution is -1.99. The zero-order chi connectivity index (χ0) is 17.4. The molecule has 0 amide bonds. The van der Waals surface area contributed by atoms with Crippen LogP contribution >= 0.6 is 0 Å². The van der Waals surface area contributed by atoms with E-state index in [4.69, 9.17) is 9.51 Å². The van der Waals surface area contributed by atoms with E-state index in [9.17, 15) is 0 Å². The van der Waals surface area contributed by atoms with Gasteiger partial charge in [0.1, 0.15) is 0 Å². The van der Waals surface area contributed by atoms with Crippen LogP contribution in [0.5, 0.6) is 0 Å². The van der Waals surface area contributed by atoms with Gasteiger partial charge in [-0.25, -0.2) is 0 Å². The highest BCUT2D eigenvalue weighted by Gasteiger charge is 2.20. The number of aryl methyl sites for hydroxylation is 3. The summed E-state index contributed by atoms with van der Waals surface area (Å²) in [6.45, 7) is 5.96. The van der Waals surface area contributed by atoms with E-state index >= 15 is 0 Å². The average Bonchev–Trinajstić information content (AvgIpc) is 3.25. The van der Waals surface area contributed by atoms with Gasteiger partial charge in [0.05, 0.1) is 0 Å². The first-order valence-electron chi connectivity index (χ1n) is 8.87. The fourth-order valence-electron chi connectivity index (χ4n) is 3.67. The van der Waals surface area contributed by atoms with Crippen LogP contribution in [0.1, 0.15) is 54.4 Å². The molecular weight excluding hydrogens is 312 g/mol. The van der Waals surface area contributed by atoms with Crippen molar-refractivity contribution in [3.05, 3.63) is 47.0 Å². The van der Waals surface area contributed by atoms with Crippen LogP contribution in [0, 0.1) is 20.8 Å². The van der Waals surface area contributed by atoms with E-state index < -0.39 is 0 Å². The third kappa shape index (κ3) is 3.31. The van der Waals surface area contributed by atoms with E-state index in [-0.39, 0.29) is 0 Å². The molecule has 4 rings (SSSR count). The molecule has 25 heavy (non-hydrogen) atoms. The lowest BCUT2D eigenvalue weighted by Gasteiger charge is -2.10. The van der Waals surface area contributed by atoms with Gasteiger partial charge in [0.25, 0.3) is 5.89 Å².